The molecule has 1 aliphatic rings. The topological polar surface area (TPSA) is 38.8 Å². The molecule has 78 valence electrons. The Balaban J connectivity index is 2.29. The lowest BCUT2D eigenvalue weighted by atomic mass is 10.3. The molecule has 14 heavy (non-hydrogen) atoms. The monoisotopic (exact) mass is 196 g/mol. The summed E-state index contributed by atoms with van der Waals surface area (Å²) in [6.07, 6.45) is 4.00. The van der Waals surface area contributed by atoms with E-state index in [1.807, 2.05) is 6.08 Å². The third-order valence-electron chi connectivity index (χ3n) is 1.86. The molecule has 1 aliphatic heterocycles. The molecule has 3 nitrogen and oxygen atoms in total. The molecule has 0 saturated carbocycles. The highest BCUT2D eigenvalue weighted by molar-refractivity contribution is 5.87. The van der Waals surface area contributed by atoms with Gasteiger partial charge >= 0.3 is 5.97 Å². The van der Waals surface area contributed by atoms with Crippen molar-refractivity contribution >= 4 is 5.97 Å². The zero-order valence-corrected chi connectivity index (χ0v) is 8.71. The number of rotatable bonds is 5. The number of epoxide rings is 1. The van der Waals surface area contributed by atoms with Crippen LogP contribution in [0.4, 0.5) is 0 Å². The second-order valence-corrected chi connectivity index (χ2v) is 3.32. The first-order valence-corrected chi connectivity index (χ1v) is 4.94. The Kier molecular flexibility index (Phi) is 4.44. The van der Waals surface area contributed by atoms with Gasteiger partial charge in [0.25, 0.3) is 0 Å². The lowest BCUT2D eigenvalue weighted by molar-refractivity contribution is -0.139. The summed E-state index contributed by atoms with van der Waals surface area (Å²) in [5.41, 5.74) is 3.43. The molecule has 0 spiro atoms. The van der Waals surface area contributed by atoms with Crippen LogP contribution in [-0.4, -0.2) is 25.3 Å². The van der Waals surface area contributed by atoms with Crippen LogP contribution in [0.1, 0.15) is 26.7 Å². The van der Waals surface area contributed by atoms with Crippen molar-refractivity contribution in [3.05, 3.63) is 17.4 Å². The Morgan fingerprint density at radius 1 is 1.71 bits per heavy atom. The standard InChI is InChI=1S/C11H16O3/c1-3-4-5-6-9(2)11(12)14-8-10-7-13-10/h5,10H,3-4,7-8H2,1-2H3. The van der Waals surface area contributed by atoms with Crippen LogP contribution in [0, 0.1) is 0 Å². The van der Waals surface area contributed by atoms with Gasteiger partial charge in [0.2, 0.25) is 0 Å². The summed E-state index contributed by atoms with van der Waals surface area (Å²) in [7, 11) is 0. The van der Waals surface area contributed by atoms with Crippen molar-refractivity contribution in [1.29, 1.82) is 0 Å². The normalized spacial score (nSPS) is 18.3. The van der Waals surface area contributed by atoms with Crippen molar-refractivity contribution in [2.24, 2.45) is 0 Å². The zero-order valence-electron chi connectivity index (χ0n) is 8.71. The van der Waals surface area contributed by atoms with Gasteiger partial charge in [-0.05, 0) is 19.4 Å². The lowest BCUT2D eigenvalue weighted by Gasteiger charge is -1.99. The van der Waals surface area contributed by atoms with Crippen LogP contribution in [-0.2, 0) is 14.3 Å². The van der Waals surface area contributed by atoms with Crippen molar-refractivity contribution in [2.75, 3.05) is 13.2 Å². The molecule has 0 aromatic heterocycles. The van der Waals surface area contributed by atoms with Gasteiger partial charge in [-0.1, -0.05) is 13.3 Å². The molecule has 1 saturated heterocycles. The molecule has 1 heterocycles. The van der Waals surface area contributed by atoms with Crippen molar-refractivity contribution in [3.8, 4) is 0 Å². The minimum atomic E-state index is -0.298. The number of carbonyl (C=O) groups excluding carboxylic acids is 1. The van der Waals surface area contributed by atoms with Crippen molar-refractivity contribution in [3.63, 3.8) is 0 Å². The molecule has 3 heteroatoms. The summed E-state index contributed by atoms with van der Waals surface area (Å²) in [4.78, 5) is 11.3. The Hall–Kier alpha value is -1.05. The molecule has 0 amide bonds. The van der Waals surface area contributed by atoms with Crippen LogP contribution in [0.2, 0.25) is 0 Å². The van der Waals surface area contributed by atoms with Crippen LogP contribution in [0.25, 0.3) is 0 Å². The molecule has 1 unspecified atom stereocenters. The van der Waals surface area contributed by atoms with E-state index in [9.17, 15) is 4.79 Å². The van der Waals surface area contributed by atoms with Gasteiger partial charge in [-0.15, -0.1) is 5.73 Å². The Labute approximate surface area is 84.4 Å². The number of hydrogen-bond donors (Lipinski definition) is 0. The molecule has 0 radical (unpaired) electrons. The van der Waals surface area contributed by atoms with Gasteiger partial charge in [0, 0.05) is 0 Å². The van der Waals surface area contributed by atoms with E-state index in [2.05, 4.69) is 12.7 Å². The number of esters is 1. The summed E-state index contributed by atoms with van der Waals surface area (Å²) in [5.74, 6) is -0.298. The molecule has 0 aromatic rings. The minimum Gasteiger partial charge on any atom is -0.459 e. The van der Waals surface area contributed by atoms with E-state index in [1.165, 1.54) is 0 Å². The number of carbonyl (C=O) groups is 1. The summed E-state index contributed by atoms with van der Waals surface area (Å²) < 4.78 is 9.90. The summed E-state index contributed by atoms with van der Waals surface area (Å²) in [5, 5.41) is 0. The van der Waals surface area contributed by atoms with Crippen LogP contribution >= 0.6 is 0 Å². The van der Waals surface area contributed by atoms with Gasteiger partial charge in [-0.2, -0.15) is 0 Å². The zero-order chi connectivity index (χ0) is 10.4. The van der Waals surface area contributed by atoms with Crippen molar-refractivity contribution in [2.45, 2.75) is 32.8 Å². The van der Waals surface area contributed by atoms with Crippen LogP contribution in [0.3, 0.4) is 0 Å². The summed E-state index contributed by atoms with van der Waals surface area (Å²) in [6, 6.07) is 0. The molecule has 0 aliphatic carbocycles. The van der Waals surface area contributed by atoms with E-state index in [4.69, 9.17) is 9.47 Å². The highest BCUT2D eigenvalue weighted by atomic mass is 16.6. The number of hydrogen-bond acceptors (Lipinski definition) is 3. The maximum atomic E-state index is 11.3. The maximum Gasteiger partial charge on any atom is 0.341 e. The SMILES string of the molecule is CCCC=C=C(C)C(=O)OCC1CO1. The molecular formula is C11H16O3. The van der Waals surface area contributed by atoms with E-state index in [-0.39, 0.29) is 12.1 Å². The molecule has 0 bridgehead atoms. The Morgan fingerprint density at radius 2 is 2.43 bits per heavy atom. The average molecular weight is 196 g/mol. The van der Waals surface area contributed by atoms with Gasteiger partial charge in [-0.25, -0.2) is 4.79 Å². The molecule has 1 atom stereocenters. The molecule has 1 rings (SSSR count). The van der Waals surface area contributed by atoms with Crippen LogP contribution < -0.4 is 0 Å². The number of ether oxygens (including phenoxy) is 2. The van der Waals surface area contributed by atoms with Gasteiger partial charge < -0.3 is 9.47 Å². The molecule has 0 aromatic carbocycles. The number of unbranched alkanes of at least 4 members (excludes halogenated alkanes) is 1. The second kappa shape index (κ2) is 5.63. The Bertz CT molecular complexity index is 258. The van der Waals surface area contributed by atoms with E-state index in [1.54, 1.807) is 6.92 Å². The minimum absolute atomic E-state index is 0.131. The quantitative estimate of drug-likeness (QED) is 0.291. The van der Waals surface area contributed by atoms with Gasteiger partial charge in [0.05, 0.1) is 12.2 Å². The van der Waals surface area contributed by atoms with Crippen molar-refractivity contribution in [1.82, 2.24) is 0 Å². The fraction of sp³-hybridized carbons (Fsp3) is 0.636. The first-order valence-electron chi connectivity index (χ1n) is 4.94. The molecule has 1 fully saturated rings. The van der Waals surface area contributed by atoms with E-state index >= 15 is 0 Å². The second-order valence-electron chi connectivity index (χ2n) is 3.32. The van der Waals surface area contributed by atoms with E-state index in [0.29, 0.717) is 18.8 Å². The fourth-order valence-corrected chi connectivity index (χ4v) is 0.870. The first-order chi connectivity index (χ1) is 6.74. The predicted molar refractivity (Wildman–Crippen MR) is 52.9 cm³/mol. The molecular weight excluding hydrogens is 180 g/mol. The highest BCUT2D eigenvalue weighted by Gasteiger charge is 2.24. The average Bonchev–Trinajstić information content (AvgIpc) is 2.98. The predicted octanol–water partition coefficient (Wildman–Crippen LogP) is 1.83. The van der Waals surface area contributed by atoms with Crippen molar-refractivity contribution < 1.29 is 14.3 Å². The molecule has 0 N–H and O–H groups in total. The highest BCUT2D eigenvalue weighted by Crippen LogP contribution is 2.09. The van der Waals surface area contributed by atoms with Gasteiger partial charge in [0.15, 0.2) is 0 Å². The Morgan fingerprint density at radius 3 is 3.00 bits per heavy atom. The fourth-order valence-electron chi connectivity index (χ4n) is 0.870. The van der Waals surface area contributed by atoms with E-state index < -0.39 is 0 Å². The van der Waals surface area contributed by atoms with E-state index in [0.717, 1.165) is 12.8 Å². The first kappa shape index (κ1) is 11.0. The maximum absolute atomic E-state index is 11.3. The smallest absolute Gasteiger partial charge is 0.341 e. The third kappa shape index (κ3) is 4.26. The van der Waals surface area contributed by atoms with Gasteiger partial charge in [0.1, 0.15) is 12.7 Å². The summed E-state index contributed by atoms with van der Waals surface area (Å²) in [6.45, 7) is 4.87. The largest absolute Gasteiger partial charge is 0.459 e. The van der Waals surface area contributed by atoms with Crippen LogP contribution in [0.15, 0.2) is 17.4 Å². The third-order valence-corrected chi connectivity index (χ3v) is 1.86. The van der Waals surface area contributed by atoms with Crippen LogP contribution in [0.5, 0.6) is 0 Å². The lowest BCUT2D eigenvalue weighted by Crippen LogP contribution is -2.10. The summed E-state index contributed by atoms with van der Waals surface area (Å²) >= 11 is 0. The van der Waals surface area contributed by atoms with Gasteiger partial charge in [-0.3, -0.25) is 0 Å².